The first-order chi connectivity index (χ1) is 9.19. The molecule has 0 radical (unpaired) electrons. The molecule has 0 aromatic heterocycles. The van der Waals surface area contributed by atoms with Crippen molar-refractivity contribution < 1.29 is 9.84 Å². The van der Waals surface area contributed by atoms with Crippen LogP contribution in [0.3, 0.4) is 0 Å². The Kier molecular flexibility index (Phi) is 4.91. The van der Waals surface area contributed by atoms with Crippen molar-refractivity contribution in [3.8, 4) is 5.75 Å². The Morgan fingerprint density at radius 1 is 1.32 bits per heavy atom. The predicted molar refractivity (Wildman–Crippen MR) is 78.5 cm³/mol. The van der Waals surface area contributed by atoms with Gasteiger partial charge in [0.1, 0.15) is 5.75 Å². The minimum atomic E-state index is -0.268. The van der Waals surface area contributed by atoms with E-state index >= 15 is 0 Å². The molecule has 2 rings (SSSR count). The van der Waals surface area contributed by atoms with E-state index in [1.54, 1.807) is 0 Å². The second-order valence-electron chi connectivity index (χ2n) is 5.24. The maximum atomic E-state index is 9.99. The van der Waals surface area contributed by atoms with Crippen LogP contribution in [0.15, 0.2) is 18.2 Å². The Morgan fingerprint density at radius 3 is 2.84 bits per heavy atom. The lowest BCUT2D eigenvalue weighted by Gasteiger charge is -2.29. The highest BCUT2D eigenvalue weighted by Crippen LogP contribution is 2.27. The molecule has 2 unspecified atom stereocenters. The molecule has 4 N–H and O–H groups in total. The van der Waals surface area contributed by atoms with Gasteiger partial charge in [-0.3, -0.25) is 0 Å². The highest BCUT2D eigenvalue weighted by Gasteiger charge is 2.22. The lowest BCUT2D eigenvalue weighted by molar-refractivity contribution is 0.116. The number of rotatable bonds is 5. The number of nitrogens with two attached hydrogens (primary N) is 1. The Hall–Kier alpha value is -1.42. The number of ether oxygens (including phenoxy) is 1. The Bertz CT molecular complexity index is 409. The lowest BCUT2D eigenvalue weighted by Crippen LogP contribution is -2.36. The van der Waals surface area contributed by atoms with Crippen LogP contribution in [-0.4, -0.2) is 23.9 Å². The molecule has 4 heteroatoms. The van der Waals surface area contributed by atoms with E-state index in [2.05, 4.69) is 12.2 Å². The summed E-state index contributed by atoms with van der Waals surface area (Å²) >= 11 is 0. The molecule has 0 aliphatic heterocycles. The number of nitrogens with one attached hydrogen (secondary N) is 1. The smallest absolute Gasteiger partial charge is 0.123 e. The highest BCUT2D eigenvalue weighted by molar-refractivity contribution is 5.59. The summed E-state index contributed by atoms with van der Waals surface area (Å²) in [6, 6.07) is 5.79. The third-order valence-electron chi connectivity index (χ3n) is 3.48. The van der Waals surface area contributed by atoms with Crippen molar-refractivity contribution >= 4 is 11.4 Å². The number of hydrogen-bond acceptors (Lipinski definition) is 4. The molecule has 106 valence electrons. The average molecular weight is 264 g/mol. The molecule has 1 aliphatic carbocycles. The van der Waals surface area contributed by atoms with Crippen molar-refractivity contribution in [3.05, 3.63) is 18.2 Å². The Balaban J connectivity index is 2.04. The lowest BCUT2D eigenvalue weighted by atomic mass is 9.92. The maximum Gasteiger partial charge on any atom is 0.123 e. The summed E-state index contributed by atoms with van der Waals surface area (Å²) in [6.45, 7) is 2.76. The third-order valence-corrected chi connectivity index (χ3v) is 3.48. The van der Waals surface area contributed by atoms with E-state index in [9.17, 15) is 5.11 Å². The SMILES string of the molecule is CCCOc1cc(N)cc(NC2CCCCC2O)c1. The van der Waals surface area contributed by atoms with Crippen molar-refractivity contribution in [1.82, 2.24) is 0 Å². The minimum absolute atomic E-state index is 0.120. The molecule has 1 aromatic carbocycles. The van der Waals surface area contributed by atoms with Gasteiger partial charge in [0.25, 0.3) is 0 Å². The topological polar surface area (TPSA) is 67.5 Å². The first-order valence-corrected chi connectivity index (χ1v) is 7.17. The van der Waals surface area contributed by atoms with Crippen LogP contribution in [0.25, 0.3) is 0 Å². The predicted octanol–water partition coefficient (Wildman–Crippen LogP) is 2.77. The van der Waals surface area contributed by atoms with Gasteiger partial charge in [0.15, 0.2) is 0 Å². The van der Waals surface area contributed by atoms with Gasteiger partial charge in [0.2, 0.25) is 0 Å². The van der Waals surface area contributed by atoms with Gasteiger partial charge in [0.05, 0.1) is 18.8 Å². The number of anilines is 2. The van der Waals surface area contributed by atoms with E-state index in [1.165, 1.54) is 0 Å². The molecule has 4 nitrogen and oxygen atoms in total. The fourth-order valence-corrected chi connectivity index (χ4v) is 2.50. The normalized spacial score (nSPS) is 23.1. The quantitative estimate of drug-likeness (QED) is 0.715. The van der Waals surface area contributed by atoms with Gasteiger partial charge < -0.3 is 20.9 Å². The van der Waals surface area contributed by atoms with Gasteiger partial charge in [-0.1, -0.05) is 19.8 Å². The zero-order valence-electron chi connectivity index (χ0n) is 11.6. The van der Waals surface area contributed by atoms with Crippen molar-refractivity contribution in [3.63, 3.8) is 0 Å². The molecular weight excluding hydrogens is 240 g/mol. The summed E-state index contributed by atoms with van der Waals surface area (Å²) in [4.78, 5) is 0. The minimum Gasteiger partial charge on any atom is -0.493 e. The molecule has 1 fully saturated rings. The van der Waals surface area contributed by atoms with Crippen LogP contribution in [-0.2, 0) is 0 Å². The standard InChI is InChI=1S/C15H24N2O2/c1-2-7-19-13-9-11(16)8-12(10-13)17-14-5-3-4-6-15(14)18/h8-10,14-15,17-18H,2-7,16H2,1H3. The van der Waals surface area contributed by atoms with Crippen LogP contribution in [0, 0.1) is 0 Å². The summed E-state index contributed by atoms with van der Waals surface area (Å²) in [5.41, 5.74) is 7.50. The van der Waals surface area contributed by atoms with Crippen molar-refractivity contribution in [2.75, 3.05) is 17.7 Å². The zero-order chi connectivity index (χ0) is 13.7. The van der Waals surface area contributed by atoms with E-state index in [4.69, 9.17) is 10.5 Å². The third kappa shape index (κ3) is 4.03. The molecule has 0 bridgehead atoms. The van der Waals surface area contributed by atoms with E-state index in [0.717, 1.165) is 43.5 Å². The second kappa shape index (κ2) is 6.66. The summed E-state index contributed by atoms with van der Waals surface area (Å²) < 4.78 is 5.61. The molecule has 19 heavy (non-hydrogen) atoms. The molecule has 0 saturated heterocycles. The van der Waals surface area contributed by atoms with Gasteiger partial charge in [-0.2, -0.15) is 0 Å². The molecule has 0 spiro atoms. The van der Waals surface area contributed by atoms with Gasteiger partial charge in [-0.15, -0.1) is 0 Å². The zero-order valence-corrected chi connectivity index (χ0v) is 11.6. The van der Waals surface area contributed by atoms with E-state index in [0.29, 0.717) is 12.3 Å². The molecule has 1 aromatic rings. The van der Waals surface area contributed by atoms with Crippen LogP contribution in [0.2, 0.25) is 0 Å². The number of aliphatic hydroxyl groups is 1. The van der Waals surface area contributed by atoms with Crippen molar-refractivity contribution in [2.24, 2.45) is 0 Å². The maximum absolute atomic E-state index is 9.99. The molecule has 1 aliphatic rings. The van der Waals surface area contributed by atoms with E-state index < -0.39 is 0 Å². The van der Waals surface area contributed by atoms with Gasteiger partial charge >= 0.3 is 0 Å². The van der Waals surface area contributed by atoms with Gasteiger partial charge in [0, 0.05) is 23.5 Å². The summed E-state index contributed by atoms with van der Waals surface area (Å²) in [5.74, 6) is 0.787. The number of nitrogen functional groups attached to an aromatic ring is 1. The van der Waals surface area contributed by atoms with E-state index in [1.807, 2.05) is 18.2 Å². The molecule has 1 saturated carbocycles. The van der Waals surface area contributed by atoms with Crippen LogP contribution < -0.4 is 15.8 Å². The number of hydrogen-bond donors (Lipinski definition) is 3. The summed E-state index contributed by atoms with van der Waals surface area (Å²) in [7, 11) is 0. The second-order valence-corrected chi connectivity index (χ2v) is 5.24. The first kappa shape index (κ1) is 14.0. The van der Waals surface area contributed by atoms with Crippen LogP contribution >= 0.6 is 0 Å². The highest BCUT2D eigenvalue weighted by atomic mass is 16.5. The fourth-order valence-electron chi connectivity index (χ4n) is 2.50. The van der Waals surface area contributed by atoms with Gasteiger partial charge in [-0.05, 0) is 25.3 Å². The van der Waals surface area contributed by atoms with Crippen LogP contribution in [0.4, 0.5) is 11.4 Å². The van der Waals surface area contributed by atoms with Crippen molar-refractivity contribution in [2.45, 2.75) is 51.2 Å². The Morgan fingerprint density at radius 2 is 2.11 bits per heavy atom. The first-order valence-electron chi connectivity index (χ1n) is 7.17. The summed E-state index contributed by atoms with van der Waals surface area (Å²) in [5, 5.41) is 13.4. The fraction of sp³-hybridized carbons (Fsp3) is 0.600. The van der Waals surface area contributed by atoms with Crippen LogP contribution in [0.5, 0.6) is 5.75 Å². The molecular formula is C15H24N2O2. The van der Waals surface area contributed by atoms with Gasteiger partial charge in [-0.25, -0.2) is 0 Å². The van der Waals surface area contributed by atoms with E-state index in [-0.39, 0.29) is 12.1 Å². The molecule has 0 heterocycles. The summed E-state index contributed by atoms with van der Waals surface area (Å²) in [6.07, 6.45) is 4.85. The number of benzene rings is 1. The Labute approximate surface area is 115 Å². The molecule has 0 amide bonds. The molecule has 2 atom stereocenters. The monoisotopic (exact) mass is 264 g/mol. The number of aliphatic hydroxyl groups excluding tert-OH is 1. The van der Waals surface area contributed by atoms with Crippen LogP contribution in [0.1, 0.15) is 39.0 Å². The van der Waals surface area contributed by atoms with Crippen molar-refractivity contribution in [1.29, 1.82) is 0 Å². The average Bonchev–Trinajstić information content (AvgIpc) is 2.38. The largest absolute Gasteiger partial charge is 0.493 e.